The quantitative estimate of drug-likeness (QED) is 0.767. The van der Waals surface area contributed by atoms with Gasteiger partial charge in [-0.3, -0.25) is 5.10 Å². The van der Waals surface area contributed by atoms with E-state index in [0.717, 1.165) is 12.8 Å². The summed E-state index contributed by atoms with van der Waals surface area (Å²) in [7, 11) is 0. The Morgan fingerprint density at radius 2 is 2.07 bits per heavy atom. The molecule has 1 fully saturated rings. The summed E-state index contributed by atoms with van der Waals surface area (Å²) in [6.07, 6.45) is -5.47. The number of nitrogens with zero attached hydrogens (tertiary/aromatic N) is 2. The topological polar surface area (TPSA) is 61.8 Å². The van der Waals surface area contributed by atoms with Gasteiger partial charge in [0.25, 0.3) is 0 Å². The molecule has 1 aromatic rings. The highest BCUT2D eigenvalue weighted by molar-refractivity contribution is 5.06. The van der Waals surface area contributed by atoms with Gasteiger partial charge in [-0.2, -0.15) is 18.3 Å². The van der Waals surface area contributed by atoms with Crippen molar-refractivity contribution < 1.29 is 18.3 Å². The van der Waals surface area contributed by atoms with Crippen LogP contribution in [0.25, 0.3) is 0 Å². The van der Waals surface area contributed by atoms with Crippen molar-refractivity contribution in [3.8, 4) is 0 Å². The zero-order valence-corrected chi connectivity index (χ0v) is 7.04. The third-order valence-corrected chi connectivity index (χ3v) is 2.04. The van der Waals surface area contributed by atoms with Gasteiger partial charge in [-0.25, -0.2) is 4.98 Å². The second kappa shape index (κ2) is 2.94. The van der Waals surface area contributed by atoms with Crippen LogP contribution in [-0.4, -0.2) is 26.5 Å². The predicted octanol–water partition coefficient (Wildman–Crippen LogP) is 1.28. The molecule has 0 amide bonds. The molecule has 0 saturated heterocycles. The number of alkyl halides is 3. The van der Waals surface area contributed by atoms with Crippen molar-refractivity contribution in [2.75, 3.05) is 0 Å². The number of H-pyrrole nitrogens is 1. The van der Waals surface area contributed by atoms with Crippen LogP contribution in [0.4, 0.5) is 13.2 Å². The van der Waals surface area contributed by atoms with Crippen LogP contribution < -0.4 is 0 Å². The van der Waals surface area contributed by atoms with Crippen LogP contribution in [-0.2, 0) is 0 Å². The number of rotatable bonds is 2. The van der Waals surface area contributed by atoms with E-state index < -0.39 is 18.1 Å². The third-order valence-electron chi connectivity index (χ3n) is 2.04. The minimum Gasteiger partial charge on any atom is -0.377 e. The molecule has 1 unspecified atom stereocenters. The van der Waals surface area contributed by atoms with Gasteiger partial charge in [0, 0.05) is 5.92 Å². The second-order valence-electron chi connectivity index (χ2n) is 3.30. The maximum atomic E-state index is 12.0. The summed E-state index contributed by atoms with van der Waals surface area (Å²) in [5.74, 6) is 0.0272. The van der Waals surface area contributed by atoms with E-state index in [1.807, 2.05) is 0 Å². The van der Waals surface area contributed by atoms with Gasteiger partial charge in [0.2, 0.25) is 6.10 Å². The van der Waals surface area contributed by atoms with Crippen LogP contribution in [0.5, 0.6) is 0 Å². The van der Waals surface area contributed by atoms with Crippen molar-refractivity contribution in [2.45, 2.75) is 31.0 Å². The van der Waals surface area contributed by atoms with E-state index in [-0.39, 0.29) is 5.92 Å². The van der Waals surface area contributed by atoms with E-state index in [1.165, 1.54) is 0 Å². The van der Waals surface area contributed by atoms with Gasteiger partial charge in [-0.05, 0) is 12.8 Å². The lowest BCUT2D eigenvalue weighted by Gasteiger charge is -2.09. The number of hydrogen-bond donors (Lipinski definition) is 2. The molecule has 0 spiro atoms. The van der Waals surface area contributed by atoms with E-state index in [0.29, 0.717) is 5.82 Å². The zero-order valence-electron chi connectivity index (χ0n) is 7.04. The Morgan fingerprint density at radius 3 is 2.57 bits per heavy atom. The Bertz CT molecular complexity index is 331. The monoisotopic (exact) mass is 207 g/mol. The van der Waals surface area contributed by atoms with Gasteiger partial charge < -0.3 is 5.11 Å². The van der Waals surface area contributed by atoms with Gasteiger partial charge in [-0.15, -0.1) is 0 Å². The molecule has 1 aliphatic carbocycles. The average molecular weight is 207 g/mol. The van der Waals surface area contributed by atoms with Crippen molar-refractivity contribution in [3.05, 3.63) is 11.6 Å². The summed E-state index contributed by atoms with van der Waals surface area (Å²) in [5.41, 5.74) is 0. The minimum absolute atomic E-state index is 0.191. The van der Waals surface area contributed by atoms with Crippen LogP contribution in [0.15, 0.2) is 0 Å². The van der Waals surface area contributed by atoms with Crippen LogP contribution in [0.2, 0.25) is 0 Å². The third kappa shape index (κ3) is 1.72. The van der Waals surface area contributed by atoms with E-state index >= 15 is 0 Å². The van der Waals surface area contributed by atoms with Crippen molar-refractivity contribution in [2.24, 2.45) is 0 Å². The van der Waals surface area contributed by atoms with E-state index in [9.17, 15) is 13.2 Å². The number of aromatic nitrogens is 3. The average Bonchev–Trinajstić information content (AvgIpc) is 2.82. The highest BCUT2D eigenvalue weighted by atomic mass is 19.4. The highest BCUT2D eigenvalue weighted by Crippen LogP contribution is 2.39. The molecular weight excluding hydrogens is 199 g/mol. The number of aliphatic hydroxyl groups excluding tert-OH is 1. The standard InChI is InChI=1S/C7H8F3N3O/c8-7(9,10)4(14)6-11-5(12-13-6)3-1-2-3/h3-4,14H,1-2H2,(H,11,12,13). The fourth-order valence-electron chi connectivity index (χ4n) is 1.10. The molecule has 7 heteroatoms. The molecule has 2 rings (SSSR count). The maximum Gasteiger partial charge on any atom is 0.421 e. The first-order valence-electron chi connectivity index (χ1n) is 4.15. The molecule has 0 aliphatic heterocycles. The summed E-state index contributed by atoms with van der Waals surface area (Å²) in [6, 6.07) is 0. The molecule has 1 atom stereocenters. The van der Waals surface area contributed by atoms with Crippen molar-refractivity contribution in [3.63, 3.8) is 0 Å². The van der Waals surface area contributed by atoms with Crippen molar-refractivity contribution >= 4 is 0 Å². The zero-order chi connectivity index (χ0) is 10.3. The lowest BCUT2D eigenvalue weighted by atomic mass is 10.3. The Hall–Kier alpha value is -1.11. The van der Waals surface area contributed by atoms with Crippen LogP contribution in [0.1, 0.15) is 36.5 Å². The SMILES string of the molecule is OC(c1n[nH]c(C2CC2)n1)C(F)(F)F. The summed E-state index contributed by atoms with van der Waals surface area (Å²) in [6.45, 7) is 0. The summed E-state index contributed by atoms with van der Waals surface area (Å²) in [5, 5.41) is 14.5. The van der Waals surface area contributed by atoms with Gasteiger partial charge in [0.15, 0.2) is 5.82 Å². The molecule has 4 nitrogen and oxygen atoms in total. The van der Waals surface area contributed by atoms with Crippen LogP contribution in [0.3, 0.4) is 0 Å². The van der Waals surface area contributed by atoms with Crippen molar-refractivity contribution in [1.29, 1.82) is 0 Å². The Balaban J connectivity index is 2.15. The lowest BCUT2D eigenvalue weighted by molar-refractivity contribution is -0.209. The highest BCUT2D eigenvalue weighted by Gasteiger charge is 2.42. The smallest absolute Gasteiger partial charge is 0.377 e. The number of nitrogens with one attached hydrogen (secondary N) is 1. The Morgan fingerprint density at radius 1 is 1.43 bits per heavy atom. The molecular formula is C7H8F3N3O. The van der Waals surface area contributed by atoms with E-state index in [1.54, 1.807) is 0 Å². The van der Waals surface area contributed by atoms with E-state index in [2.05, 4.69) is 15.2 Å². The molecule has 78 valence electrons. The first-order valence-corrected chi connectivity index (χ1v) is 4.15. The summed E-state index contributed by atoms with van der Waals surface area (Å²) in [4.78, 5) is 3.60. The van der Waals surface area contributed by atoms with Gasteiger partial charge in [0.05, 0.1) is 0 Å². The summed E-state index contributed by atoms with van der Waals surface area (Å²) >= 11 is 0. The molecule has 0 radical (unpaired) electrons. The molecule has 0 aromatic carbocycles. The lowest BCUT2D eigenvalue weighted by Crippen LogP contribution is -2.21. The molecule has 14 heavy (non-hydrogen) atoms. The fourth-order valence-corrected chi connectivity index (χ4v) is 1.10. The minimum atomic E-state index is -4.71. The molecule has 1 heterocycles. The number of halogens is 3. The summed E-state index contributed by atoms with van der Waals surface area (Å²) < 4.78 is 36.1. The van der Waals surface area contributed by atoms with Crippen LogP contribution in [0, 0.1) is 0 Å². The molecule has 1 aromatic heterocycles. The van der Waals surface area contributed by atoms with E-state index in [4.69, 9.17) is 5.11 Å². The normalized spacial score (nSPS) is 19.7. The number of hydrogen-bond acceptors (Lipinski definition) is 3. The molecule has 2 N–H and O–H groups in total. The van der Waals surface area contributed by atoms with Gasteiger partial charge in [0.1, 0.15) is 5.82 Å². The first-order chi connectivity index (χ1) is 6.48. The number of aromatic amines is 1. The largest absolute Gasteiger partial charge is 0.421 e. The molecule has 1 aliphatic rings. The molecule has 1 saturated carbocycles. The molecule has 0 bridgehead atoms. The Labute approximate surface area is 77.2 Å². The fraction of sp³-hybridized carbons (Fsp3) is 0.714. The van der Waals surface area contributed by atoms with Crippen molar-refractivity contribution in [1.82, 2.24) is 15.2 Å². The second-order valence-corrected chi connectivity index (χ2v) is 3.30. The van der Waals surface area contributed by atoms with Gasteiger partial charge >= 0.3 is 6.18 Å². The Kier molecular flexibility index (Phi) is 1.99. The number of aliphatic hydroxyl groups is 1. The van der Waals surface area contributed by atoms with Gasteiger partial charge in [-0.1, -0.05) is 0 Å². The predicted molar refractivity (Wildman–Crippen MR) is 39.4 cm³/mol. The maximum absolute atomic E-state index is 12.0. The first kappa shape index (κ1) is 9.45. The van der Waals surface area contributed by atoms with Crippen LogP contribution >= 0.6 is 0 Å².